The Balaban J connectivity index is 1.66. The van der Waals surface area contributed by atoms with Crippen LogP contribution in [0.3, 0.4) is 0 Å². The number of ether oxygens (including phenoxy) is 1. The summed E-state index contributed by atoms with van der Waals surface area (Å²) in [5.41, 5.74) is 3.85. The van der Waals surface area contributed by atoms with E-state index < -0.39 is 10.0 Å². The summed E-state index contributed by atoms with van der Waals surface area (Å²) in [4.78, 5) is 16.2. The number of sulfonamides is 1. The van der Waals surface area contributed by atoms with Crippen molar-refractivity contribution in [1.29, 1.82) is 0 Å². The molecule has 3 heterocycles. The molecule has 1 aliphatic rings. The maximum atomic E-state index is 13.1. The SMILES string of the molecule is CCc1nc2c(cnn2CC)c(NC2CCOCC2)c1CNS(=O)(=O)c1ccc(NC(C)=O)cc1. The third-order valence-electron chi connectivity index (χ3n) is 6.10. The van der Waals surface area contributed by atoms with Crippen LogP contribution < -0.4 is 15.4 Å². The van der Waals surface area contributed by atoms with Gasteiger partial charge in [-0.05, 0) is 50.5 Å². The molecule has 0 spiro atoms. The molecule has 3 N–H and O–H groups in total. The highest BCUT2D eigenvalue weighted by molar-refractivity contribution is 7.89. The molecule has 1 aliphatic heterocycles. The smallest absolute Gasteiger partial charge is 0.240 e. The van der Waals surface area contributed by atoms with Crippen molar-refractivity contribution in [3.05, 3.63) is 41.7 Å². The quantitative estimate of drug-likeness (QED) is 0.412. The minimum absolute atomic E-state index is 0.0880. The molecule has 1 amide bonds. The van der Waals surface area contributed by atoms with E-state index >= 15 is 0 Å². The summed E-state index contributed by atoms with van der Waals surface area (Å²) in [5.74, 6) is -0.218. The molecule has 188 valence electrons. The first kappa shape index (κ1) is 25.1. The van der Waals surface area contributed by atoms with Crippen molar-refractivity contribution < 1.29 is 17.9 Å². The number of carbonyl (C=O) groups excluding carboxylic acids is 1. The lowest BCUT2D eigenvalue weighted by atomic mass is 10.0. The Morgan fingerprint density at radius 1 is 1.17 bits per heavy atom. The van der Waals surface area contributed by atoms with Gasteiger partial charge in [-0.2, -0.15) is 5.10 Å². The molecule has 0 aliphatic carbocycles. The Kier molecular flexibility index (Phi) is 7.68. The number of aryl methyl sites for hydroxylation is 2. The number of carbonyl (C=O) groups is 1. The van der Waals surface area contributed by atoms with Crippen molar-refractivity contribution >= 4 is 38.3 Å². The first-order valence-corrected chi connectivity index (χ1v) is 13.4. The van der Waals surface area contributed by atoms with Crippen LogP contribution in [0.15, 0.2) is 35.4 Å². The third kappa shape index (κ3) is 5.63. The summed E-state index contributed by atoms with van der Waals surface area (Å²) in [6.45, 7) is 7.59. The van der Waals surface area contributed by atoms with E-state index in [-0.39, 0.29) is 23.4 Å². The molecule has 0 saturated carbocycles. The van der Waals surface area contributed by atoms with Gasteiger partial charge in [-0.15, -0.1) is 0 Å². The predicted octanol–water partition coefficient (Wildman–Crippen LogP) is 3.04. The zero-order chi connectivity index (χ0) is 25.0. The standard InChI is InChI=1S/C24H32N6O4S/c1-4-22-20(15-26-35(32,33)19-8-6-17(7-9-19)27-16(3)31)23(28-18-10-12-34-13-11-18)21-14-25-30(5-2)24(21)29-22/h6-9,14,18,26H,4-5,10-13,15H2,1-3H3,(H,27,31)(H,28,29). The van der Waals surface area contributed by atoms with Gasteiger partial charge in [0.1, 0.15) is 0 Å². The van der Waals surface area contributed by atoms with Crippen molar-refractivity contribution in [2.75, 3.05) is 23.8 Å². The molecule has 4 rings (SSSR count). The number of nitrogens with zero attached hydrogens (tertiary/aromatic N) is 3. The van der Waals surface area contributed by atoms with Gasteiger partial charge in [0.05, 0.1) is 22.2 Å². The molecule has 0 radical (unpaired) electrons. The van der Waals surface area contributed by atoms with Crippen LogP contribution in [-0.4, -0.2) is 48.3 Å². The van der Waals surface area contributed by atoms with E-state index in [1.54, 1.807) is 18.3 Å². The van der Waals surface area contributed by atoms with Gasteiger partial charge in [-0.3, -0.25) is 4.79 Å². The molecule has 0 unspecified atom stereocenters. The fraction of sp³-hybridized carbons (Fsp3) is 0.458. The highest BCUT2D eigenvalue weighted by Gasteiger charge is 2.23. The van der Waals surface area contributed by atoms with Crippen molar-refractivity contribution in [2.45, 2.75) is 64.1 Å². The van der Waals surface area contributed by atoms with Crippen molar-refractivity contribution in [1.82, 2.24) is 19.5 Å². The molecule has 1 fully saturated rings. The number of fused-ring (bicyclic) bond motifs is 1. The fourth-order valence-electron chi connectivity index (χ4n) is 4.27. The molecular formula is C24H32N6O4S. The number of rotatable bonds is 9. The Hall–Kier alpha value is -3.02. The van der Waals surface area contributed by atoms with Crippen LogP contribution in [0, 0.1) is 0 Å². The maximum Gasteiger partial charge on any atom is 0.240 e. The van der Waals surface area contributed by atoms with Crippen LogP contribution in [-0.2, 0) is 39.1 Å². The van der Waals surface area contributed by atoms with Crippen LogP contribution in [0.2, 0.25) is 0 Å². The summed E-state index contributed by atoms with van der Waals surface area (Å²) in [7, 11) is -3.79. The van der Waals surface area contributed by atoms with Crippen molar-refractivity contribution in [2.24, 2.45) is 0 Å². The minimum atomic E-state index is -3.79. The van der Waals surface area contributed by atoms with Crippen LogP contribution in [0.25, 0.3) is 11.0 Å². The maximum absolute atomic E-state index is 13.1. The van der Waals surface area contributed by atoms with E-state index in [0.29, 0.717) is 31.9 Å². The molecule has 35 heavy (non-hydrogen) atoms. The normalized spacial score (nSPS) is 14.8. The number of hydrogen-bond acceptors (Lipinski definition) is 7. The predicted molar refractivity (Wildman–Crippen MR) is 135 cm³/mol. The molecule has 10 nitrogen and oxygen atoms in total. The Morgan fingerprint density at radius 2 is 1.89 bits per heavy atom. The average molecular weight is 501 g/mol. The average Bonchev–Trinajstić information content (AvgIpc) is 3.26. The second kappa shape index (κ2) is 10.7. The molecule has 3 aromatic rings. The van der Waals surface area contributed by atoms with E-state index in [1.807, 2.05) is 18.5 Å². The van der Waals surface area contributed by atoms with E-state index in [0.717, 1.165) is 40.8 Å². The lowest BCUT2D eigenvalue weighted by molar-refractivity contribution is -0.114. The molecule has 2 aromatic heterocycles. The van der Waals surface area contributed by atoms with Crippen LogP contribution in [0.5, 0.6) is 0 Å². The van der Waals surface area contributed by atoms with Gasteiger partial charge in [0.25, 0.3) is 0 Å². The van der Waals surface area contributed by atoms with Gasteiger partial charge < -0.3 is 15.4 Å². The van der Waals surface area contributed by atoms with Crippen molar-refractivity contribution in [3.8, 4) is 0 Å². The monoisotopic (exact) mass is 500 g/mol. The van der Waals surface area contributed by atoms with Gasteiger partial charge in [0, 0.05) is 56.2 Å². The van der Waals surface area contributed by atoms with E-state index in [2.05, 4.69) is 20.5 Å². The first-order valence-electron chi connectivity index (χ1n) is 11.9. The molecule has 11 heteroatoms. The lowest BCUT2D eigenvalue weighted by Crippen LogP contribution is -2.30. The Bertz CT molecular complexity index is 1300. The van der Waals surface area contributed by atoms with Crippen LogP contribution >= 0.6 is 0 Å². The number of amides is 1. The van der Waals surface area contributed by atoms with Gasteiger partial charge in [0.2, 0.25) is 15.9 Å². The van der Waals surface area contributed by atoms with E-state index in [4.69, 9.17) is 9.72 Å². The van der Waals surface area contributed by atoms with E-state index in [1.165, 1.54) is 19.1 Å². The van der Waals surface area contributed by atoms with Crippen molar-refractivity contribution in [3.63, 3.8) is 0 Å². The highest BCUT2D eigenvalue weighted by Crippen LogP contribution is 2.31. The number of hydrogen-bond donors (Lipinski definition) is 3. The minimum Gasteiger partial charge on any atom is -0.381 e. The number of nitrogens with one attached hydrogen (secondary N) is 3. The summed E-state index contributed by atoms with van der Waals surface area (Å²) in [5, 5.41) is 11.7. The topological polar surface area (TPSA) is 127 Å². The summed E-state index contributed by atoms with van der Waals surface area (Å²) in [6.07, 6.45) is 4.19. The van der Waals surface area contributed by atoms with Gasteiger partial charge in [0.15, 0.2) is 5.65 Å². The zero-order valence-corrected chi connectivity index (χ0v) is 21.1. The molecule has 1 aromatic carbocycles. The van der Waals surface area contributed by atoms with Gasteiger partial charge in [-0.25, -0.2) is 22.8 Å². The second-order valence-corrected chi connectivity index (χ2v) is 10.3. The molecular weight excluding hydrogens is 468 g/mol. The van der Waals surface area contributed by atoms with Gasteiger partial charge >= 0.3 is 0 Å². The Labute approximate surface area is 205 Å². The number of pyridine rings is 1. The number of benzene rings is 1. The Morgan fingerprint density at radius 3 is 2.51 bits per heavy atom. The largest absolute Gasteiger partial charge is 0.381 e. The summed E-state index contributed by atoms with van der Waals surface area (Å²) >= 11 is 0. The summed E-state index contributed by atoms with van der Waals surface area (Å²) in [6, 6.07) is 6.31. The van der Waals surface area contributed by atoms with Crippen LogP contribution in [0.1, 0.15) is 44.9 Å². The summed E-state index contributed by atoms with van der Waals surface area (Å²) < 4.78 is 36.3. The zero-order valence-electron chi connectivity index (χ0n) is 20.3. The van der Waals surface area contributed by atoms with E-state index in [9.17, 15) is 13.2 Å². The van der Waals surface area contributed by atoms with Gasteiger partial charge in [-0.1, -0.05) is 6.92 Å². The molecule has 1 saturated heterocycles. The second-order valence-electron chi connectivity index (χ2n) is 8.52. The van der Waals surface area contributed by atoms with Crippen LogP contribution in [0.4, 0.5) is 11.4 Å². The molecule has 0 atom stereocenters. The highest BCUT2D eigenvalue weighted by atomic mass is 32.2. The molecule has 0 bridgehead atoms. The number of aromatic nitrogens is 3. The lowest BCUT2D eigenvalue weighted by Gasteiger charge is -2.26. The fourth-order valence-corrected chi connectivity index (χ4v) is 5.27. The number of anilines is 2. The third-order valence-corrected chi connectivity index (χ3v) is 7.52. The first-order chi connectivity index (χ1) is 16.8.